The molecule has 0 aliphatic carbocycles. The number of ether oxygens (including phenoxy) is 1. The van der Waals surface area contributed by atoms with Crippen molar-refractivity contribution >= 4 is 10.8 Å². The van der Waals surface area contributed by atoms with E-state index in [1.54, 1.807) is 7.11 Å². The van der Waals surface area contributed by atoms with Gasteiger partial charge in [-0.1, -0.05) is 56.3 Å². The lowest BCUT2D eigenvalue weighted by Gasteiger charge is -2.32. The lowest BCUT2D eigenvalue weighted by molar-refractivity contribution is -0.0635. The number of rotatable bonds is 5. The molecule has 2 rings (SSSR count). The van der Waals surface area contributed by atoms with Crippen molar-refractivity contribution in [2.45, 2.75) is 25.9 Å². The van der Waals surface area contributed by atoms with Crippen molar-refractivity contribution in [3.05, 3.63) is 48.0 Å². The van der Waals surface area contributed by atoms with Crippen molar-refractivity contribution in [1.29, 1.82) is 0 Å². The van der Waals surface area contributed by atoms with Gasteiger partial charge < -0.3 is 9.84 Å². The summed E-state index contributed by atoms with van der Waals surface area (Å²) in [6.45, 7) is 4.42. The largest absolute Gasteiger partial charge is 0.387 e. The average molecular weight is 258 g/mol. The van der Waals surface area contributed by atoms with E-state index in [-0.39, 0.29) is 5.92 Å². The fourth-order valence-corrected chi connectivity index (χ4v) is 2.45. The summed E-state index contributed by atoms with van der Waals surface area (Å²) in [5, 5.41) is 13.2. The van der Waals surface area contributed by atoms with Gasteiger partial charge in [0.05, 0.1) is 12.2 Å². The molecular weight excluding hydrogens is 236 g/mol. The summed E-state index contributed by atoms with van der Waals surface area (Å²) in [5.41, 5.74) is 0.352. The summed E-state index contributed by atoms with van der Waals surface area (Å²) in [4.78, 5) is 0. The molecular formula is C17H22O2. The number of benzene rings is 2. The number of hydrogen-bond acceptors (Lipinski definition) is 2. The molecule has 102 valence electrons. The molecule has 0 saturated heterocycles. The highest BCUT2D eigenvalue weighted by Gasteiger charge is 2.31. The van der Waals surface area contributed by atoms with Crippen molar-refractivity contribution < 1.29 is 9.84 Å². The van der Waals surface area contributed by atoms with E-state index >= 15 is 0 Å². The van der Waals surface area contributed by atoms with Crippen molar-refractivity contribution in [1.82, 2.24) is 0 Å². The molecule has 0 saturated carbocycles. The van der Waals surface area contributed by atoms with E-state index in [1.165, 1.54) is 16.3 Å². The highest BCUT2D eigenvalue weighted by Crippen LogP contribution is 2.27. The Morgan fingerprint density at radius 1 is 1.11 bits per heavy atom. The normalized spacial score (nSPS) is 14.8. The van der Waals surface area contributed by atoms with E-state index in [0.29, 0.717) is 13.0 Å². The van der Waals surface area contributed by atoms with Crippen molar-refractivity contribution in [2.24, 2.45) is 5.92 Å². The maximum Gasteiger partial charge on any atom is 0.0942 e. The van der Waals surface area contributed by atoms with Gasteiger partial charge in [-0.25, -0.2) is 0 Å². The molecule has 2 aromatic rings. The smallest absolute Gasteiger partial charge is 0.0942 e. The van der Waals surface area contributed by atoms with Crippen LogP contribution in [0.4, 0.5) is 0 Å². The molecule has 0 fully saturated rings. The quantitative estimate of drug-likeness (QED) is 0.890. The van der Waals surface area contributed by atoms with Crippen LogP contribution in [0.3, 0.4) is 0 Å². The van der Waals surface area contributed by atoms with Gasteiger partial charge in [-0.3, -0.25) is 0 Å². The highest BCUT2D eigenvalue weighted by atomic mass is 16.5. The predicted molar refractivity (Wildman–Crippen MR) is 79.3 cm³/mol. The Kier molecular flexibility index (Phi) is 4.23. The summed E-state index contributed by atoms with van der Waals surface area (Å²) >= 11 is 0. The highest BCUT2D eigenvalue weighted by molar-refractivity contribution is 5.85. The molecule has 0 aromatic heterocycles. The van der Waals surface area contributed by atoms with E-state index in [1.807, 2.05) is 32.0 Å². The topological polar surface area (TPSA) is 29.5 Å². The second-order valence-corrected chi connectivity index (χ2v) is 5.51. The van der Waals surface area contributed by atoms with Gasteiger partial charge in [0.2, 0.25) is 0 Å². The fourth-order valence-electron chi connectivity index (χ4n) is 2.45. The third-order valence-corrected chi connectivity index (χ3v) is 3.85. The summed E-state index contributed by atoms with van der Waals surface area (Å²) in [6.07, 6.45) is 0.611. The molecule has 1 N–H and O–H groups in total. The molecule has 0 amide bonds. The van der Waals surface area contributed by atoms with E-state index in [0.717, 1.165) is 0 Å². The molecule has 0 aliphatic heterocycles. The van der Waals surface area contributed by atoms with Crippen LogP contribution in [-0.2, 0) is 11.2 Å². The number of aliphatic hydroxyl groups is 1. The summed E-state index contributed by atoms with van der Waals surface area (Å²) in [7, 11) is 1.64. The van der Waals surface area contributed by atoms with Crippen LogP contribution in [0.1, 0.15) is 19.4 Å². The molecule has 19 heavy (non-hydrogen) atoms. The maximum absolute atomic E-state index is 10.8. The minimum absolute atomic E-state index is 0.145. The standard InChI is InChI=1S/C17H22O2/c1-13(2)17(18,12-19-3)11-15-9-6-8-14-7-4-5-10-16(14)15/h4-10,13,18H,11-12H2,1-3H3. The van der Waals surface area contributed by atoms with Crippen molar-refractivity contribution in [3.63, 3.8) is 0 Å². The molecule has 0 heterocycles. The Balaban J connectivity index is 2.39. The molecule has 2 heteroatoms. The molecule has 1 unspecified atom stereocenters. The summed E-state index contributed by atoms with van der Waals surface area (Å²) in [5.74, 6) is 0.145. The number of methoxy groups -OCH3 is 1. The summed E-state index contributed by atoms with van der Waals surface area (Å²) < 4.78 is 5.20. The molecule has 0 radical (unpaired) electrons. The first-order valence-corrected chi connectivity index (χ1v) is 6.75. The average Bonchev–Trinajstić information content (AvgIpc) is 2.39. The van der Waals surface area contributed by atoms with Crippen molar-refractivity contribution in [2.75, 3.05) is 13.7 Å². The van der Waals surface area contributed by atoms with Crippen molar-refractivity contribution in [3.8, 4) is 0 Å². The van der Waals surface area contributed by atoms with Crippen LogP contribution in [0, 0.1) is 5.92 Å². The van der Waals surface area contributed by atoms with E-state index in [2.05, 4.69) is 24.3 Å². The number of hydrogen-bond donors (Lipinski definition) is 1. The van der Waals surface area contributed by atoms with Gasteiger partial charge in [-0.15, -0.1) is 0 Å². The monoisotopic (exact) mass is 258 g/mol. The van der Waals surface area contributed by atoms with Gasteiger partial charge in [-0.2, -0.15) is 0 Å². The first kappa shape index (κ1) is 14.0. The van der Waals surface area contributed by atoms with Gasteiger partial charge in [0.25, 0.3) is 0 Å². The maximum atomic E-state index is 10.8. The van der Waals surface area contributed by atoms with Gasteiger partial charge in [0.1, 0.15) is 0 Å². The Bertz CT molecular complexity index is 542. The first-order chi connectivity index (χ1) is 9.07. The Hall–Kier alpha value is -1.38. The van der Waals surface area contributed by atoms with Crippen LogP contribution in [0.15, 0.2) is 42.5 Å². The van der Waals surface area contributed by atoms with E-state index in [9.17, 15) is 5.11 Å². The third-order valence-electron chi connectivity index (χ3n) is 3.85. The van der Waals surface area contributed by atoms with Crippen LogP contribution >= 0.6 is 0 Å². The Labute approximate surface area is 115 Å². The van der Waals surface area contributed by atoms with Gasteiger partial charge >= 0.3 is 0 Å². The van der Waals surface area contributed by atoms with Crippen LogP contribution < -0.4 is 0 Å². The zero-order valence-electron chi connectivity index (χ0n) is 11.9. The minimum atomic E-state index is -0.821. The zero-order chi connectivity index (χ0) is 13.9. The van der Waals surface area contributed by atoms with Gasteiger partial charge in [-0.05, 0) is 22.3 Å². The third kappa shape index (κ3) is 2.96. The van der Waals surface area contributed by atoms with Gasteiger partial charge in [0.15, 0.2) is 0 Å². The number of fused-ring (bicyclic) bond motifs is 1. The second-order valence-electron chi connectivity index (χ2n) is 5.51. The first-order valence-electron chi connectivity index (χ1n) is 6.75. The van der Waals surface area contributed by atoms with Crippen LogP contribution in [-0.4, -0.2) is 24.4 Å². The lowest BCUT2D eigenvalue weighted by Crippen LogP contribution is -2.42. The molecule has 2 aromatic carbocycles. The summed E-state index contributed by atoms with van der Waals surface area (Å²) in [6, 6.07) is 14.5. The lowest BCUT2D eigenvalue weighted by atomic mass is 9.83. The fraction of sp³-hybridized carbons (Fsp3) is 0.412. The zero-order valence-corrected chi connectivity index (χ0v) is 11.9. The van der Waals surface area contributed by atoms with Crippen LogP contribution in [0.2, 0.25) is 0 Å². The SMILES string of the molecule is COCC(O)(Cc1cccc2ccccc12)C(C)C. The van der Waals surface area contributed by atoms with Crippen LogP contribution in [0.5, 0.6) is 0 Å². The molecule has 1 atom stereocenters. The predicted octanol–water partition coefficient (Wildman–Crippen LogP) is 3.42. The molecule has 0 bridgehead atoms. The Morgan fingerprint density at radius 2 is 1.79 bits per heavy atom. The minimum Gasteiger partial charge on any atom is -0.387 e. The Morgan fingerprint density at radius 3 is 2.47 bits per heavy atom. The van der Waals surface area contributed by atoms with Gasteiger partial charge in [0, 0.05) is 13.5 Å². The second kappa shape index (κ2) is 5.72. The van der Waals surface area contributed by atoms with E-state index < -0.39 is 5.60 Å². The molecule has 2 nitrogen and oxygen atoms in total. The molecule has 0 aliphatic rings. The van der Waals surface area contributed by atoms with Crippen LogP contribution in [0.25, 0.3) is 10.8 Å². The molecule has 0 spiro atoms. The van der Waals surface area contributed by atoms with E-state index in [4.69, 9.17) is 4.74 Å².